The lowest BCUT2D eigenvalue weighted by atomic mass is 10.1. The minimum atomic E-state index is -0.332. The molecule has 4 nitrogen and oxygen atoms in total. The molecule has 94 valence electrons. The summed E-state index contributed by atoms with van der Waals surface area (Å²) in [6, 6.07) is 4.17. The molecule has 2 rings (SSSR count). The van der Waals surface area contributed by atoms with Crippen LogP contribution in [0.1, 0.15) is 21.5 Å². The van der Waals surface area contributed by atoms with Gasteiger partial charge in [-0.3, -0.25) is 9.89 Å². The highest BCUT2D eigenvalue weighted by Crippen LogP contribution is 2.13. The van der Waals surface area contributed by atoms with Crippen molar-refractivity contribution in [2.24, 2.45) is 0 Å². The van der Waals surface area contributed by atoms with Gasteiger partial charge in [-0.25, -0.2) is 4.39 Å². The Morgan fingerprint density at radius 2 is 2.28 bits per heavy atom. The predicted octanol–water partition coefficient (Wildman–Crippen LogP) is 2.13. The molecular weight excluding hydrogens is 233 g/mol. The molecule has 0 aliphatic heterocycles. The van der Waals surface area contributed by atoms with E-state index < -0.39 is 0 Å². The second-order valence-corrected chi connectivity index (χ2v) is 4.23. The van der Waals surface area contributed by atoms with E-state index in [4.69, 9.17) is 0 Å². The molecule has 1 heterocycles. The summed E-state index contributed by atoms with van der Waals surface area (Å²) in [5.41, 5.74) is 2.08. The van der Waals surface area contributed by atoms with E-state index in [1.165, 1.54) is 18.2 Å². The van der Waals surface area contributed by atoms with Gasteiger partial charge in [-0.05, 0) is 30.7 Å². The number of nitrogens with zero attached hydrogens (tertiary/aromatic N) is 2. The number of nitrogens with one attached hydrogen (secondary N) is 1. The Balaban J connectivity index is 2.15. The predicted molar refractivity (Wildman–Crippen MR) is 65.5 cm³/mol. The molecule has 1 aromatic carbocycles. The highest BCUT2D eigenvalue weighted by molar-refractivity contribution is 5.95. The second kappa shape index (κ2) is 5.00. The summed E-state index contributed by atoms with van der Waals surface area (Å²) >= 11 is 0. The first-order chi connectivity index (χ1) is 8.58. The van der Waals surface area contributed by atoms with Gasteiger partial charge >= 0.3 is 0 Å². The summed E-state index contributed by atoms with van der Waals surface area (Å²) in [6.45, 7) is 2.19. The number of hydrogen-bond acceptors (Lipinski definition) is 2. The molecule has 0 saturated heterocycles. The van der Waals surface area contributed by atoms with Crippen molar-refractivity contribution in [1.82, 2.24) is 15.1 Å². The number of aromatic nitrogens is 2. The molecule has 1 aromatic heterocycles. The van der Waals surface area contributed by atoms with Crippen LogP contribution in [0.3, 0.4) is 0 Å². The zero-order chi connectivity index (χ0) is 13.1. The third-order valence-corrected chi connectivity index (χ3v) is 2.74. The SMILES string of the molecule is Cc1cc(F)ccc1C(=O)N(C)Cc1cn[nH]c1. The lowest BCUT2D eigenvalue weighted by Gasteiger charge is -2.17. The normalized spacial score (nSPS) is 10.4. The highest BCUT2D eigenvalue weighted by Gasteiger charge is 2.14. The molecule has 5 heteroatoms. The Kier molecular flexibility index (Phi) is 3.41. The van der Waals surface area contributed by atoms with E-state index >= 15 is 0 Å². The Labute approximate surface area is 104 Å². The van der Waals surface area contributed by atoms with Gasteiger partial charge in [0.2, 0.25) is 0 Å². The largest absolute Gasteiger partial charge is 0.337 e. The van der Waals surface area contributed by atoms with E-state index in [-0.39, 0.29) is 11.7 Å². The number of hydrogen-bond donors (Lipinski definition) is 1. The number of aryl methyl sites for hydroxylation is 1. The van der Waals surface area contributed by atoms with Gasteiger partial charge in [-0.1, -0.05) is 0 Å². The first-order valence-corrected chi connectivity index (χ1v) is 5.57. The van der Waals surface area contributed by atoms with Crippen LogP contribution in [0.15, 0.2) is 30.6 Å². The summed E-state index contributed by atoms with van der Waals surface area (Å²) in [5, 5.41) is 6.52. The molecule has 0 bridgehead atoms. The van der Waals surface area contributed by atoms with E-state index in [9.17, 15) is 9.18 Å². The Morgan fingerprint density at radius 1 is 1.50 bits per heavy atom. The standard InChI is InChI=1S/C13H14FN3O/c1-9-5-11(14)3-4-12(9)13(18)17(2)8-10-6-15-16-7-10/h3-7H,8H2,1-2H3,(H,15,16). The van der Waals surface area contributed by atoms with Crippen molar-refractivity contribution in [2.75, 3.05) is 7.05 Å². The second-order valence-electron chi connectivity index (χ2n) is 4.23. The number of aromatic amines is 1. The number of rotatable bonds is 3. The Hall–Kier alpha value is -2.17. The molecule has 18 heavy (non-hydrogen) atoms. The maximum absolute atomic E-state index is 13.0. The van der Waals surface area contributed by atoms with Crippen molar-refractivity contribution in [3.63, 3.8) is 0 Å². The number of halogens is 1. The molecule has 0 saturated carbocycles. The number of benzene rings is 1. The van der Waals surface area contributed by atoms with Gasteiger partial charge in [0, 0.05) is 30.9 Å². The van der Waals surface area contributed by atoms with E-state index in [0.29, 0.717) is 17.7 Å². The quantitative estimate of drug-likeness (QED) is 0.903. The Morgan fingerprint density at radius 3 is 2.89 bits per heavy atom. The minimum absolute atomic E-state index is 0.131. The molecule has 2 aromatic rings. The molecule has 0 atom stereocenters. The van der Waals surface area contributed by atoms with Gasteiger partial charge in [-0.2, -0.15) is 5.10 Å². The van der Waals surface area contributed by atoms with E-state index in [1.807, 2.05) is 0 Å². The number of amides is 1. The molecule has 0 spiro atoms. The van der Waals surface area contributed by atoms with Crippen LogP contribution in [0.25, 0.3) is 0 Å². The van der Waals surface area contributed by atoms with Crippen LogP contribution >= 0.6 is 0 Å². The molecule has 0 aliphatic rings. The number of H-pyrrole nitrogens is 1. The van der Waals surface area contributed by atoms with Gasteiger partial charge in [0.15, 0.2) is 0 Å². The van der Waals surface area contributed by atoms with Crippen molar-refractivity contribution in [3.05, 3.63) is 53.1 Å². The van der Waals surface area contributed by atoms with Crippen LogP contribution in [0, 0.1) is 12.7 Å². The zero-order valence-corrected chi connectivity index (χ0v) is 10.3. The van der Waals surface area contributed by atoms with Crippen molar-refractivity contribution in [3.8, 4) is 0 Å². The van der Waals surface area contributed by atoms with Crippen molar-refractivity contribution in [2.45, 2.75) is 13.5 Å². The van der Waals surface area contributed by atoms with E-state index in [0.717, 1.165) is 5.56 Å². The highest BCUT2D eigenvalue weighted by atomic mass is 19.1. The van der Waals surface area contributed by atoms with Crippen LogP contribution in [0.5, 0.6) is 0 Å². The average molecular weight is 247 g/mol. The van der Waals surface area contributed by atoms with Crippen LogP contribution < -0.4 is 0 Å². The average Bonchev–Trinajstić information content (AvgIpc) is 2.81. The maximum Gasteiger partial charge on any atom is 0.254 e. The van der Waals surface area contributed by atoms with Crippen molar-refractivity contribution >= 4 is 5.91 Å². The molecule has 0 fully saturated rings. The molecule has 0 radical (unpaired) electrons. The molecular formula is C13H14FN3O. The third kappa shape index (κ3) is 2.56. The summed E-state index contributed by atoms with van der Waals surface area (Å²) in [4.78, 5) is 13.8. The fourth-order valence-corrected chi connectivity index (χ4v) is 1.78. The summed E-state index contributed by atoms with van der Waals surface area (Å²) in [7, 11) is 1.71. The van der Waals surface area contributed by atoms with Crippen molar-refractivity contribution < 1.29 is 9.18 Å². The van der Waals surface area contributed by atoms with E-state index in [2.05, 4.69) is 10.2 Å². The fourth-order valence-electron chi connectivity index (χ4n) is 1.78. The Bertz CT molecular complexity index is 551. The van der Waals surface area contributed by atoms with Crippen LogP contribution in [-0.2, 0) is 6.54 Å². The molecule has 0 unspecified atom stereocenters. The lowest BCUT2D eigenvalue weighted by molar-refractivity contribution is 0.0784. The number of carbonyl (C=O) groups is 1. The fraction of sp³-hybridized carbons (Fsp3) is 0.231. The summed E-state index contributed by atoms with van der Waals surface area (Å²) < 4.78 is 13.0. The first-order valence-electron chi connectivity index (χ1n) is 5.57. The van der Waals surface area contributed by atoms with Crippen LogP contribution in [-0.4, -0.2) is 28.1 Å². The monoisotopic (exact) mass is 247 g/mol. The van der Waals surface area contributed by atoms with Gasteiger partial charge in [0.1, 0.15) is 5.82 Å². The lowest BCUT2D eigenvalue weighted by Crippen LogP contribution is -2.26. The topological polar surface area (TPSA) is 49.0 Å². The summed E-state index contributed by atoms with van der Waals surface area (Å²) in [6.07, 6.45) is 3.41. The summed E-state index contributed by atoms with van der Waals surface area (Å²) in [5.74, 6) is -0.463. The number of carbonyl (C=O) groups excluding carboxylic acids is 1. The minimum Gasteiger partial charge on any atom is -0.337 e. The van der Waals surface area contributed by atoms with Crippen LogP contribution in [0.2, 0.25) is 0 Å². The first kappa shape index (κ1) is 12.3. The smallest absolute Gasteiger partial charge is 0.254 e. The van der Waals surface area contributed by atoms with E-state index in [1.54, 1.807) is 31.3 Å². The molecule has 0 aliphatic carbocycles. The van der Waals surface area contributed by atoms with Gasteiger partial charge in [0.25, 0.3) is 5.91 Å². The maximum atomic E-state index is 13.0. The van der Waals surface area contributed by atoms with Gasteiger partial charge in [0.05, 0.1) is 6.20 Å². The zero-order valence-electron chi connectivity index (χ0n) is 10.3. The third-order valence-electron chi connectivity index (χ3n) is 2.74. The molecule has 1 amide bonds. The van der Waals surface area contributed by atoms with Gasteiger partial charge in [-0.15, -0.1) is 0 Å². The van der Waals surface area contributed by atoms with Gasteiger partial charge < -0.3 is 4.90 Å². The molecule has 1 N–H and O–H groups in total. The van der Waals surface area contributed by atoms with Crippen LogP contribution in [0.4, 0.5) is 4.39 Å². The van der Waals surface area contributed by atoms with Crippen molar-refractivity contribution in [1.29, 1.82) is 0 Å².